The Labute approximate surface area is 180 Å². The minimum Gasteiger partial charge on any atom is -0.465 e. The van der Waals surface area contributed by atoms with Gasteiger partial charge in [-0.2, -0.15) is 0 Å². The van der Waals surface area contributed by atoms with Crippen molar-refractivity contribution in [3.8, 4) is 0 Å². The average Bonchev–Trinajstić information content (AvgIpc) is 3.37. The van der Waals surface area contributed by atoms with E-state index in [4.69, 9.17) is 9.15 Å². The molecule has 3 aromatic rings. The van der Waals surface area contributed by atoms with Gasteiger partial charge in [0.25, 0.3) is 11.1 Å². The Bertz CT molecular complexity index is 1180. The molecule has 0 unspecified atom stereocenters. The molecule has 0 atom stereocenters. The zero-order chi connectivity index (χ0) is 21.3. The van der Waals surface area contributed by atoms with Crippen LogP contribution in [0.25, 0.3) is 17.1 Å². The van der Waals surface area contributed by atoms with Gasteiger partial charge in [0.2, 0.25) is 0 Å². The molecule has 0 bridgehead atoms. The summed E-state index contributed by atoms with van der Waals surface area (Å²) >= 11 is 2.08. The largest absolute Gasteiger partial charge is 0.465 e. The fourth-order valence-electron chi connectivity index (χ4n) is 2.81. The Morgan fingerprint density at radius 3 is 2.97 bits per heavy atom. The van der Waals surface area contributed by atoms with Crippen LogP contribution >= 0.6 is 23.5 Å². The quantitative estimate of drug-likeness (QED) is 0.446. The maximum absolute atomic E-state index is 12.4. The van der Waals surface area contributed by atoms with Gasteiger partial charge in [0.1, 0.15) is 12.3 Å². The highest BCUT2D eigenvalue weighted by atomic mass is 32.2. The fourth-order valence-corrected chi connectivity index (χ4v) is 4.40. The predicted molar refractivity (Wildman–Crippen MR) is 113 cm³/mol. The maximum Gasteiger partial charge on any atom is 0.326 e. The lowest BCUT2D eigenvalue weighted by molar-refractivity contribution is -0.145. The van der Waals surface area contributed by atoms with E-state index >= 15 is 0 Å². The van der Waals surface area contributed by atoms with Gasteiger partial charge in [0, 0.05) is 6.08 Å². The molecule has 0 saturated carbocycles. The minimum absolute atomic E-state index is 0.183. The highest BCUT2D eigenvalue weighted by molar-refractivity contribution is 8.18. The predicted octanol–water partition coefficient (Wildman–Crippen LogP) is 4.21. The van der Waals surface area contributed by atoms with E-state index < -0.39 is 23.7 Å². The third kappa shape index (κ3) is 4.29. The molecular formula is C20H17N3O5S2. The lowest BCUT2D eigenvalue weighted by Gasteiger charge is -2.10. The smallest absolute Gasteiger partial charge is 0.326 e. The number of thioether (sulfide) groups is 1. The van der Waals surface area contributed by atoms with Gasteiger partial charge in [-0.05, 0) is 67.2 Å². The number of nitrogens with one attached hydrogen (secondary N) is 1. The zero-order valence-electron chi connectivity index (χ0n) is 16.1. The van der Waals surface area contributed by atoms with Gasteiger partial charge >= 0.3 is 5.97 Å². The first-order valence-electron chi connectivity index (χ1n) is 9.08. The molecule has 2 aromatic heterocycles. The summed E-state index contributed by atoms with van der Waals surface area (Å²) in [5.74, 6) is -0.749. The number of imide groups is 1. The first-order chi connectivity index (χ1) is 14.4. The van der Waals surface area contributed by atoms with Crippen LogP contribution in [0.2, 0.25) is 0 Å². The van der Waals surface area contributed by atoms with Crippen molar-refractivity contribution >= 4 is 57.7 Å². The van der Waals surface area contributed by atoms with Crippen molar-refractivity contribution in [2.75, 3.05) is 13.2 Å². The van der Waals surface area contributed by atoms with Crippen LogP contribution in [-0.2, 0) is 14.3 Å². The number of benzene rings is 1. The number of carbonyl (C=O) groups is 3. The molecule has 3 heterocycles. The highest BCUT2D eigenvalue weighted by Gasteiger charge is 2.36. The van der Waals surface area contributed by atoms with Crippen molar-refractivity contribution < 1.29 is 23.5 Å². The Morgan fingerprint density at radius 2 is 2.17 bits per heavy atom. The third-order valence-electron chi connectivity index (χ3n) is 4.15. The Morgan fingerprint density at radius 1 is 1.33 bits per heavy atom. The number of fused-ring (bicyclic) bond motifs is 1. The number of hydrogen-bond donors (Lipinski definition) is 1. The molecule has 1 saturated heterocycles. The number of rotatable bonds is 6. The molecule has 0 radical (unpaired) electrons. The molecule has 154 valence electrons. The molecule has 10 heteroatoms. The van der Waals surface area contributed by atoms with Crippen LogP contribution in [-0.4, -0.2) is 45.1 Å². The number of ether oxygens (including phenoxy) is 1. The van der Waals surface area contributed by atoms with Crippen molar-refractivity contribution in [3.05, 3.63) is 46.6 Å². The van der Waals surface area contributed by atoms with Crippen molar-refractivity contribution in [2.24, 2.45) is 0 Å². The molecule has 2 amide bonds. The monoisotopic (exact) mass is 443 g/mol. The number of amides is 2. The van der Waals surface area contributed by atoms with Crippen LogP contribution in [0, 0.1) is 6.92 Å². The second-order valence-electron chi connectivity index (χ2n) is 6.39. The summed E-state index contributed by atoms with van der Waals surface area (Å²) in [4.78, 5) is 44.9. The van der Waals surface area contributed by atoms with E-state index in [2.05, 4.69) is 9.97 Å². The average molecular weight is 444 g/mol. The number of aryl methyl sites for hydroxylation is 1. The van der Waals surface area contributed by atoms with Crippen LogP contribution in [0.15, 0.2) is 49.9 Å². The van der Waals surface area contributed by atoms with E-state index in [1.807, 2.05) is 25.1 Å². The maximum atomic E-state index is 12.4. The zero-order valence-corrected chi connectivity index (χ0v) is 17.8. The Balaban J connectivity index is 1.47. The summed E-state index contributed by atoms with van der Waals surface area (Å²) in [5.41, 5.74) is 2.95. The first kappa shape index (κ1) is 20.3. The van der Waals surface area contributed by atoms with Gasteiger partial charge in [-0.3, -0.25) is 19.3 Å². The van der Waals surface area contributed by atoms with Crippen LogP contribution in [0.1, 0.15) is 18.2 Å². The second-order valence-corrected chi connectivity index (χ2v) is 8.38. The molecule has 30 heavy (non-hydrogen) atoms. The van der Waals surface area contributed by atoms with Gasteiger partial charge in [-0.25, -0.2) is 4.98 Å². The van der Waals surface area contributed by atoms with Crippen molar-refractivity contribution in [2.45, 2.75) is 24.1 Å². The van der Waals surface area contributed by atoms with Crippen LogP contribution in [0.5, 0.6) is 0 Å². The van der Waals surface area contributed by atoms with Gasteiger partial charge in [-0.1, -0.05) is 6.07 Å². The van der Waals surface area contributed by atoms with Gasteiger partial charge < -0.3 is 14.1 Å². The number of nitrogens with zero attached hydrogens (tertiary/aromatic N) is 2. The van der Waals surface area contributed by atoms with Crippen molar-refractivity contribution in [3.63, 3.8) is 0 Å². The molecule has 1 fully saturated rings. The fraction of sp³-hybridized carbons (Fsp3) is 0.200. The molecule has 1 aromatic carbocycles. The van der Waals surface area contributed by atoms with Gasteiger partial charge in [0.05, 0.1) is 22.5 Å². The lowest BCUT2D eigenvalue weighted by atomic mass is 10.2. The molecule has 0 aliphatic carbocycles. The van der Waals surface area contributed by atoms with E-state index in [9.17, 15) is 14.4 Å². The van der Waals surface area contributed by atoms with Crippen molar-refractivity contribution in [1.29, 1.82) is 0 Å². The van der Waals surface area contributed by atoms with Gasteiger partial charge in [0.15, 0.2) is 10.2 Å². The summed E-state index contributed by atoms with van der Waals surface area (Å²) in [6.45, 7) is 3.45. The van der Waals surface area contributed by atoms with Crippen LogP contribution in [0.4, 0.5) is 4.79 Å². The number of furan rings is 1. The van der Waals surface area contributed by atoms with E-state index in [0.29, 0.717) is 16.0 Å². The molecule has 1 aliphatic heterocycles. The third-order valence-corrected chi connectivity index (χ3v) is 5.87. The molecule has 1 aliphatic rings. The van der Waals surface area contributed by atoms with Gasteiger partial charge in [-0.15, -0.1) is 0 Å². The number of imidazole rings is 1. The lowest BCUT2D eigenvalue weighted by Crippen LogP contribution is -2.34. The number of esters is 1. The number of aromatic amines is 1. The molecule has 4 rings (SSSR count). The summed E-state index contributed by atoms with van der Waals surface area (Å²) in [5, 5.41) is 0.757. The molecule has 1 N–H and O–H groups in total. The Hall–Kier alpha value is -2.98. The summed E-state index contributed by atoms with van der Waals surface area (Å²) in [6.07, 6.45) is 1.49. The van der Waals surface area contributed by atoms with Crippen molar-refractivity contribution in [1.82, 2.24) is 14.9 Å². The summed E-state index contributed by atoms with van der Waals surface area (Å²) < 4.78 is 10.5. The normalized spacial score (nSPS) is 15.5. The topological polar surface area (TPSA) is 106 Å². The van der Waals surface area contributed by atoms with E-state index in [1.54, 1.807) is 19.1 Å². The minimum atomic E-state index is -0.626. The number of aromatic nitrogens is 2. The van der Waals surface area contributed by atoms with Crippen LogP contribution < -0.4 is 0 Å². The molecule has 8 nitrogen and oxygen atoms in total. The summed E-state index contributed by atoms with van der Waals surface area (Å²) in [7, 11) is 0. The number of H-pyrrole nitrogens is 1. The van der Waals surface area contributed by atoms with E-state index in [0.717, 1.165) is 33.3 Å². The SMILES string of the molecule is CCOC(=O)CN1C(=O)S/C(=C/c2ccc(Sc3nc4ccc(C)cc4[nH]3)o2)C1=O. The number of carbonyl (C=O) groups excluding carboxylic acids is 3. The number of hydrogen-bond acceptors (Lipinski definition) is 8. The van der Waals surface area contributed by atoms with Crippen LogP contribution in [0.3, 0.4) is 0 Å². The molecular weight excluding hydrogens is 426 g/mol. The summed E-state index contributed by atoms with van der Waals surface area (Å²) in [6, 6.07) is 9.43. The van der Waals surface area contributed by atoms with E-state index in [1.165, 1.54) is 17.8 Å². The highest BCUT2D eigenvalue weighted by Crippen LogP contribution is 2.34. The second kappa shape index (κ2) is 8.41. The standard InChI is InChI=1S/C20H17N3O5S2/c1-3-27-16(24)10-23-18(25)15(29-20(23)26)9-12-5-7-17(28-12)30-19-21-13-6-4-11(2)8-14(13)22-19/h4-9H,3,10H2,1-2H3,(H,21,22)/b15-9+. The Kier molecular flexibility index (Phi) is 5.69. The first-order valence-corrected chi connectivity index (χ1v) is 10.7. The van der Waals surface area contributed by atoms with E-state index in [-0.39, 0.29) is 11.5 Å². The molecule has 0 spiro atoms.